The van der Waals surface area contributed by atoms with E-state index in [-0.39, 0.29) is 0 Å². The van der Waals surface area contributed by atoms with Gasteiger partial charge in [0.25, 0.3) is 0 Å². The Labute approximate surface area is 113 Å². The molecule has 3 heteroatoms. The van der Waals surface area contributed by atoms with Gasteiger partial charge in [-0.25, -0.2) is 0 Å². The van der Waals surface area contributed by atoms with Crippen LogP contribution in [0.1, 0.15) is 37.4 Å². The van der Waals surface area contributed by atoms with Gasteiger partial charge in [0.05, 0.1) is 6.10 Å². The first-order valence-electron chi connectivity index (χ1n) is 6.91. The fraction of sp³-hybridized carbons (Fsp3) is 0.600. The summed E-state index contributed by atoms with van der Waals surface area (Å²) in [4.78, 5) is 0. The zero-order valence-electron chi connectivity index (χ0n) is 10.5. The second-order valence-corrected chi connectivity index (χ2v) is 6.11. The molecule has 0 bridgehead atoms. The highest BCUT2D eigenvalue weighted by molar-refractivity contribution is 6.30. The molecule has 0 aliphatic heterocycles. The quantitative estimate of drug-likeness (QED) is 0.828. The normalized spacial score (nSPS) is 21.3. The Kier molecular flexibility index (Phi) is 3.60. The Morgan fingerprint density at radius 2 is 1.67 bits per heavy atom. The summed E-state index contributed by atoms with van der Waals surface area (Å²) in [6.07, 6.45) is 5.04. The van der Waals surface area contributed by atoms with Crippen molar-refractivity contribution in [3.05, 3.63) is 34.9 Å². The van der Waals surface area contributed by atoms with E-state index in [9.17, 15) is 5.11 Å². The molecule has 18 heavy (non-hydrogen) atoms. The average Bonchev–Trinajstić information content (AvgIpc) is 3.24. The molecule has 0 amide bonds. The van der Waals surface area contributed by atoms with Crippen LogP contribution in [0, 0.1) is 11.8 Å². The Morgan fingerprint density at radius 1 is 1.11 bits per heavy atom. The van der Waals surface area contributed by atoms with E-state index in [1.54, 1.807) is 0 Å². The summed E-state index contributed by atoms with van der Waals surface area (Å²) in [7, 11) is 0. The van der Waals surface area contributed by atoms with Crippen molar-refractivity contribution in [2.24, 2.45) is 11.8 Å². The van der Waals surface area contributed by atoms with Crippen molar-refractivity contribution in [3.8, 4) is 0 Å². The maximum Gasteiger partial charge on any atom is 0.0914 e. The molecule has 0 aromatic heterocycles. The Balaban J connectivity index is 1.53. The molecule has 2 aliphatic carbocycles. The summed E-state index contributed by atoms with van der Waals surface area (Å²) in [5.41, 5.74) is 0.942. The topological polar surface area (TPSA) is 32.3 Å². The van der Waals surface area contributed by atoms with E-state index in [4.69, 9.17) is 11.6 Å². The molecule has 3 rings (SSSR count). The van der Waals surface area contributed by atoms with Crippen LogP contribution in [0.15, 0.2) is 24.3 Å². The van der Waals surface area contributed by atoms with Crippen LogP contribution in [0.25, 0.3) is 0 Å². The third-order valence-corrected chi connectivity index (χ3v) is 4.31. The fourth-order valence-electron chi connectivity index (χ4n) is 2.68. The standard InChI is InChI=1S/C15H20ClNO/c16-13-7-5-10(6-8-13)14(18)9-17-15(11-1-2-11)12-3-4-12/h5-8,11-12,14-15,17-18H,1-4,9H2. The number of nitrogens with one attached hydrogen (secondary N) is 1. The molecule has 1 unspecified atom stereocenters. The van der Waals surface area contributed by atoms with Gasteiger partial charge in [-0.1, -0.05) is 23.7 Å². The Bertz CT molecular complexity index is 385. The van der Waals surface area contributed by atoms with Crippen LogP contribution in [0.4, 0.5) is 0 Å². The minimum absolute atomic E-state index is 0.428. The van der Waals surface area contributed by atoms with E-state index in [1.165, 1.54) is 25.7 Å². The number of aliphatic hydroxyl groups excluding tert-OH is 1. The number of hydrogen-bond acceptors (Lipinski definition) is 2. The summed E-state index contributed by atoms with van der Waals surface area (Å²) >= 11 is 5.85. The molecule has 2 aliphatic rings. The van der Waals surface area contributed by atoms with Crippen molar-refractivity contribution >= 4 is 11.6 Å². The molecular formula is C15H20ClNO. The number of hydrogen-bond donors (Lipinski definition) is 2. The van der Waals surface area contributed by atoms with Crippen molar-refractivity contribution in [2.75, 3.05) is 6.54 Å². The van der Waals surface area contributed by atoms with Crippen LogP contribution in [0.2, 0.25) is 5.02 Å². The van der Waals surface area contributed by atoms with Crippen LogP contribution in [-0.2, 0) is 0 Å². The lowest BCUT2D eigenvalue weighted by Crippen LogP contribution is -2.36. The summed E-state index contributed by atoms with van der Waals surface area (Å²) in [6.45, 7) is 0.652. The molecule has 2 fully saturated rings. The van der Waals surface area contributed by atoms with Crippen molar-refractivity contribution in [3.63, 3.8) is 0 Å². The molecule has 0 heterocycles. The lowest BCUT2D eigenvalue weighted by Gasteiger charge is -2.20. The minimum Gasteiger partial charge on any atom is -0.387 e. The van der Waals surface area contributed by atoms with E-state index in [2.05, 4.69) is 5.32 Å². The summed E-state index contributed by atoms with van der Waals surface area (Å²) in [6, 6.07) is 8.11. The summed E-state index contributed by atoms with van der Waals surface area (Å²) < 4.78 is 0. The van der Waals surface area contributed by atoms with Gasteiger partial charge in [0.15, 0.2) is 0 Å². The van der Waals surface area contributed by atoms with Crippen LogP contribution in [-0.4, -0.2) is 17.7 Å². The molecule has 1 aromatic rings. The van der Waals surface area contributed by atoms with Crippen LogP contribution >= 0.6 is 11.6 Å². The first-order valence-corrected chi connectivity index (χ1v) is 7.29. The molecule has 1 atom stereocenters. The predicted molar refractivity (Wildman–Crippen MR) is 73.7 cm³/mol. The largest absolute Gasteiger partial charge is 0.387 e. The highest BCUT2D eigenvalue weighted by Crippen LogP contribution is 2.44. The molecule has 1 aromatic carbocycles. The van der Waals surface area contributed by atoms with Gasteiger partial charge in [0.1, 0.15) is 0 Å². The van der Waals surface area contributed by atoms with E-state index < -0.39 is 6.10 Å². The number of halogens is 1. The van der Waals surface area contributed by atoms with E-state index >= 15 is 0 Å². The fourth-order valence-corrected chi connectivity index (χ4v) is 2.81. The third-order valence-electron chi connectivity index (χ3n) is 4.06. The zero-order chi connectivity index (χ0) is 12.5. The highest BCUT2D eigenvalue weighted by atomic mass is 35.5. The van der Waals surface area contributed by atoms with Gasteiger partial charge in [-0.2, -0.15) is 0 Å². The maximum atomic E-state index is 10.2. The number of benzene rings is 1. The molecule has 2 nitrogen and oxygen atoms in total. The van der Waals surface area contributed by atoms with Gasteiger partial charge < -0.3 is 10.4 Å². The molecule has 2 N–H and O–H groups in total. The van der Waals surface area contributed by atoms with Gasteiger partial charge in [0, 0.05) is 17.6 Å². The van der Waals surface area contributed by atoms with Crippen LogP contribution < -0.4 is 5.32 Å². The molecule has 0 spiro atoms. The SMILES string of the molecule is OC(CNC(C1CC1)C1CC1)c1ccc(Cl)cc1. The van der Waals surface area contributed by atoms with Crippen molar-refractivity contribution in [2.45, 2.75) is 37.8 Å². The lowest BCUT2D eigenvalue weighted by atomic mass is 10.1. The van der Waals surface area contributed by atoms with E-state index in [1.807, 2.05) is 24.3 Å². The summed E-state index contributed by atoms with van der Waals surface area (Å²) in [5.74, 6) is 1.74. The molecule has 0 radical (unpaired) electrons. The maximum absolute atomic E-state index is 10.2. The number of aliphatic hydroxyl groups is 1. The van der Waals surface area contributed by atoms with E-state index in [0.717, 1.165) is 17.4 Å². The number of rotatable bonds is 6. The smallest absolute Gasteiger partial charge is 0.0914 e. The predicted octanol–water partition coefficient (Wildman–Crippen LogP) is 3.15. The first kappa shape index (κ1) is 12.5. The van der Waals surface area contributed by atoms with Gasteiger partial charge >= 0.3 is 0 Å². The summed E-state index contributed by atoms with van der Waals surface area (Å²) in [5, 5.41) is 14.4. The van der Waals surface area contributed by atoms with Crippen molar-refractivity contribution in [1.29, 1.82) is 0 Å². The van der Waals surface area contributed by atoms with Gasteiger partial charge in [-0.05, 0) is 55.2 Å². The second-order valence-electron chi connectivity index (χ2n) is 5.68. The van der Waals surface area contributed by atoms with Gasteiger partial charge in [0.2, 0.25) is 0 Å². The minimum atomic E-state index is -0.428. The second kappa shape index (κ2) is 5.20. The van der Waals surface area contributed by atoms with Gasteiger partial charge in [-0.3, -0.25) is 0 Å². The highest BCUT2D eigenvalue weighted by Gasteiger charge is 2.41. The third kappa shape index (κ3) is 3.05. The monoisotopic (exact) mass is 265 g/mol. The van der Waals surface area contributed by atoms with Crippen LogP contribution in [0.5, 0.6) is 0 Å². The Hall–Kier alpha value is -0.570. The van der Waals surface area contributed by atoms with Crippen LogP contribution in [0.3, 0.4) is 0 Å². The molecule has 0 saturated heterocycles. The lowest BCUT2D eigenvalue weighted by molar-refractivity contribution is 0.165. The molecule has 2 saturated carbocycles. The Morgan fingerprint density at radius 3 is 2.17 bits per heavy atom. The molecular weight excluding hydrogens is 246 g/mol. The zero-order valence-corrected chi connectivity index (χ0v) is 11.2. The molecule has 98 valence electrons. The average molecular weight is 266 g/mol. The first-order chi connectivity index (χ1) is 8.74. The van der Waals surface area contributed by atoms with Crippen molar-refractivity contribution < 1.29 is 5.11 Å². The van der Waals surface area contributed by atoms with E-state index in [0.29, 0.717) is 17.6 Å². The van der Waals surface area contributed by atoms with Crippen molar-refractivity contribution in [1.82, 2.24) is 5.32 Å². The van der Waals surface area contributed by atoms with Gasteiger partial charge in [-0.15, -0.1) is 0 Å².